The lowest BCUT2D eigenvalue weighted by Gasteiger charge is -2.24. The van der Waals surface area contributed by atoms with Gasteiger partial charge in [-0.2, -0.15) is 0 Å². The Hall–Kier alpha value is -0.380. The summed E-state index contributed by atoms with van der Waals surface area (Å²) in [5.74, 6) is -1.91. The highest BCUT2D eigenvalue weighted by atomic mass is 16.5. The fourth-order valence-electron chi connectivity index (χ4n) is 2.83. The molecule has 0 aliphatic heterocycles. The van der Waals surface area contributed by atoms with Crippen molar-refractivity contribution < 1.29 is 15.3 Å². The molecule has 3 N–H and O–H groups in total. The standard InChI is InChI=1S/C20H40O3/c1-3-4-5-6-7-8-9-10-11-12-13-14-15-16-17-18-20(22,23)19(2)21/h3,19,21-23H,1,4-18H2,2H3. The van der Waals surface area contributed by atoms with Crippen LogP contribution in [0.4, 0.5) is 0 Å². The minimum absolute atomic E-state index is 0.261. The number of hydrogen-bond donors (Lipinski definition) is 3. The largest absolute Gasteiger partial charge is 0.388 e. The van der Waals surface area contributed by atoms with Crippen molar-refractivity contribution in [1.29, 1.82) is 0 Å². The summed E-state index contributed by atoms with van der Waals surface area (Å²) in [5, 5.41) is 28.2. The molecule has 0 aromatic rings. The summed E-state index contributed by atoms with van der Waals surface area (Å²) < 4.78 is 0. The highest BCUT2D eigenvalue weighted by molar-refractivity contribution is 4.70. The Kier molecular flexibility index (Phi) is 14.9. The van der Waals surface area contributed by atoms with Gasteiger partial charge in [-0.25, -0.2) is 0 Å². The van der Waals surface area contributed by atoms with Crippen LogP contribution in [0.15, 0.2) is 12.7 Å². The molecule has 0 saturated heterocycles. The van der Waals surface area contributed by atoms with E-state index in [1.165, 1.54) is 71.1 Å². The molecule has 0 rings (SSSR count). The topological polar surface area (TPSA) is 60.7 Å². The van der Waals surface area contributed by atoms with E-state index in [2.05, 4.69) is 6.58 Å². The van der Waals surface area contributed by atoms with E-state index < -0.39 is 11.9 Å². The molecule has 3 heteroatoms. The van der Waals surface area contributed by atoms with E-state index in [1.54, 1.807) is 0 Å². The third-order valence-corrected chi connectivity index (χ3v) is 4.62. The minimum atomic E-state index is -1.91. The quantitative estimate of drug-likeness (QED) is 0.198. The summed E-state index contributed by atoms with van der Waals surface area (Å²) in [6.07, 6.45) is 18.6. The maximum absolute atomic E-state index is 9.50. The van der Waals surface area contributed by atoms with Gasteiger partial charge in [0.1, 0.15) is 6.10 Å². The number of aliphatic hydroxyl groups is 3. The lowest BCUT2D eigenvalue weighted by Crippen LogP contribution is -2.40. The van der Waals surface area contributed by atoms with Gasteiger partial charge in [0.15, 0.2) is 5.79 Å². The zero-order valence-electron chi connectivity index (χ0n) is 15.3. The Morgan fingerprint density at radius 1 is 0.739 bits per heavy atom. The average Bonchev–Trinajstić information content (AvgIpc) is 2.51. The zero-order valence-corrected chi connectivity index (χ0v) is 15.3. The molecule has 1 unspecified atom stereocenters. The maximum atomic E-state index is 9.50. The van der Waals surface area contributed by atoms with Crippen LogP contribution in [0, 0.1) is 0 Å². The van der Waals surface area contributed by atoms with E-state index in [0.717, 1.165) is 25.7 Å². The van der Waals surface area contributed by atoms with Gasteiger partial charge in [-0.05, 0) is 26.2 Å². The molecule has 0 heterocycles. The molecular weight excluding hydrogens is 288 g/mol. The molecule has 0 aromatic carbocycles. The molecule has 0 bridgehead atoms. The monoisotopic (exact) mass is 328 g/mol. The third-order valence-electron chi connectivity index (χ3n) is 4.62. The second-order valence-electron chi connectivity index (χ2n) is 6.98. The molecule has 138 valence electrons. The van der Waals surface area contributed by atoms with E-state index in [4.69, 9.17) is 0 Å². The Bertz CT molecular complexity index is 262. The number of unbranched alkanes of at least 4 members (excludes halogenated alkanes) is 13. The SMILES string of the molecule is C=CCCCCCCCCCCCCCCCC(O)(O)C(C)O. The van der Waals surface area contributed by atoms with Crippen LogP contribution in [0.3, 0.4) is 0 Å². The van der Waals surface area contributed by atoms with Gasteiger partial charge >= 0.3 is 0 Å². The van der Waals surface area contributed by atoms with Crippen LogP contribution in [0.25, 0.3) is 0 Å². The highest BCUT2D eigenvalue weighted by Crippen LogP contribution is 2.18. The van der Waals surface area contributed by atoms with Gasteiger partial charge < -0.3 is 15.3 Å². The van der Waals surface area contributed by atoms with E-state index in [0.29, 0.717) is 0 Å². The molecule has 0 aromatic heterocycles. The number of aliphatic hydroxyl groups excluding tert-OH is 1. The van der Waals surface area contributed by atoms with Crippen molar-refractivity contribution in [3.8, 4) is 0 Å². The van der Waals surface area contributed by atoms with Gasteiger partial charge in [0, 0.05) is 6.42 Å². The van der Waals surface area contributed by atoms with Gasteiger partial charge in [-0.3, -0.25) is 0 Å². The van der Waals surface area contributed by atoms with Crippen molar-refractivity contribution in [2.75, 3.05) is 0 Å². The Morgan fingerprint density at radius 3 is 1.43 bits per heavy atom. The summed E-state index contributed by atoms with van der Waals surface area (Å²) in [5.41, 5.74) is 0. The Labute approximate surface area is 143 Å². The van der Waals surface area contributed by atoms with Gasteiger partial charge in [0.2, 0.25) is 0 Å². The zero-order chi connectivity index (χ0) is 17.4. The van der Waals surface area contributed by atoms with Crippen molar-refractivity contribution in [3.05, 3.63) is 12.7 Å². The molecule has 3 nitrogen and oxygen atoms in total. The fourth-order valence-corrected chi connectivity index (χ4v) is 2.83. The first-order valence-corrected chi connectivity index (χ1v) is 9.74. The van der Waals surface area contributed by atoms with Crippen molar-refractivity contribution in [2.45, 2.75) is 115 Å². The van der Waals surface area contributed by atoms with Crippen molar-refractivity contribution in [2.24, 2.45) is 0 Å². The summed E-state index contributed by atoms with van der Waals surface area (Å²) in [6, 6.07) is 0. The van der Waals surface area contributed by atoms with Crippen LogP contribution >= 0.6 is 0 Å². The lowest BCUT2D eigenvalue weighted by molar-refractivity contribution is -0.223. The summed E-state index contributed by atoms with van der Waals surface area (Å²) >= 11 is 0. The second-order valence-corrected chi connectivity index (χ2v) is 6.98. The predicted octanol–water partition coefficient (Wildman–Crippen LogP) is 5.09. The first kappa shape index (κ1) is 22.6. The average molecular weight is 329 g/mol. The van der Waals surface area contributed by atoms with Crippen LogP contribution < -0.4 is 0 Å². The van der Waals surface area contributed by atoms with Gasteiger partial charge in [0.05, 0.1) is 0 Å². The van der Waals surface area contributed by atoms with Crippen LogP contribution in [0.1, 0.15) is 103 Å². The molecule has 23 heavy (non-hydrogen) atoms. The van der Waals surface area contributed by atoms with E-state index in [9.17, 15) is 15.3 Å². The molecule has 1 atom stereocenters. The van der Waals surface area contributed by atoms with E-state index >= 15 is 0 Å². The molecule has 0 spiro atoms. The van der Waals surface area contributed by atoms with Crippen LogP contribution in [0.2, 0.25) is 0 Å². The number of rotatable bonds is 17. The van der Waals surface area contributed by atoms with Gasteiger partial charge in [-0.15, -0.1) is 6.58 Å². The van der Waals surface area contributed by atoms with Gasteiger partial charge in [-0.1, -0.05) is 76.7 Å². The normalized spacial score (nSPS) is 13.2. The van der Waals surface area contributed by atoms with E-state index in [1.807, 2.05) is 6.08 Å². The van der Waals surface area contributed by atoms with E-state index in [-0.39, 0.29) is 6.42 Å². The second kappa shape index (κ2) is 15.2. The summed E-state index contributed by atoms with van der Waals surface area (Å²) in [7, 11) is 0. The maximum Gasteiger partial charge on any atom is 0.189 e. The first-order chi connectivity index (χ1) is 11.0. The van der Waals surface area contributed by atoms with Crippen LogP contribution in [-0.4, -0.2) is 27.2 Å². The highest BCUT2D eigenvalue weighted by Gasteiger charge is 2.28. The van der Waals surface area contributed by atoms with Gasteiger partial charge in [0.25, 0.3) is 0 Å². The molecule has 0 aliphatic rings. The molecule has 0 radical (unpaired) electrons. The lowest BCUT2D eigenvalue weighted by atomic mass is 10.0. The number of allylic oxidation sites excluding steroid dienone is 1. The van der Waals surface area contributed by atoms with Crippen LogP contribution in [-0.2, 0) is 0 Å². The molecular formula is C20H40O3. The molecule has 0 aliphatic carbocycles. The van der Waals surface area contributed by atoms with Crippen molar-refractivity contribution >= 4 is 0 Å². The smallest absolute Gasteiger partial charge is 0.189 e. The number of hydrogen-bond acceptors (Lipinski definition) is 3. The molecule has 0 amide bonds. The Balaban J connectivity index is 3.15. The van der Waals surface area contributed by atoms with Crippen LogP contribution in [0.5, 0.6) is 0 Å². The minimum Gasteiger partial charge on any atom is -0.388 e. The third kappa shape index (κ3) is 14.9. The first-order valence-electron chi connectivity index (χ1n) is 9.74. The summed E-state index contributed by atoms with van der Waals surface area (Å²) in [6.45, 7) is 5.16. The Morgan fingerprint density at radius 2 is 1.09 bits per heavy atom. The van der Waals surface area contributed by atoms with Crippen molar-refractivity contribution in [1.82, 2.24) is 0 Å². The molecule has 0 fully saturated rings. The van der Waals surface area contributed by atoms with Crippen molar-refractivity contribution in [3.63, 3.8) is 0 Å². The predicted molar refractivity (Wildman–Crippen MR) is 98.3 cm³/mol. The molecule has 0 saturated carbocycles. The fraction of sp³-hybridized carbons (Fsp3) is 0.900. The summed E-state index contributed by atoms with van der Waals surface area (Å²) in [4.78, 5) is 0.